The largest absolute Gasteiger partial charge is 0.463 e. The lowest BCUT2D eigenvalue weighted by Crippen LogP contribution is -2.51. The molecule has 8 heteroatoms. The van der Waals surface area contributed by atoms with Gasteiger partial charge in [0, 0.05) is 17.9 Å². The van der Waals surface area contributed by atoms with Gasteiger partial charge in [0.2, 0.25) is 5.91 Å². The number of allylic oxidation sites excluding steroid dienone is 2. The molecule has 1 amide bonds. The number of carbonyl (C=O) groups excluding carboxylic acids is 3. The number of ether oxygens (including phenoxy) is 1. The highest BCUT2D eigenvalue weighted by Crippen LogP contribution is 2.61. The Labute approximate surface area is 188 Å². The summed E-state index contributed by atoms with van der Waals surface area (Å²) in [4.78, 5) is 38.8. The molecule has 1 spiro atoms. The van der Waals surface area contributed by atoms with Crippen LogP contribution in [-0.2, 0) is 29.1 Å². The standard InChI is InChI=1S/C24H27NO6S/c1-4-24-13-11-18(26)14-20(24)23(12-10-17(15-23)21(27)31-5-2)22(28)25(24)32(29,30)19-8-6-16(3)7-9-19/h6-11,13,20H,4-5,12,14-15H2,1-3H3/t20-,23+,24-/m1/s1. The number of rotatable bonds is 5. The smallest absolute Gasteiger partial charge is 0.333 e. The lowest BCUT2D eigenvalue weighted by molar-refractivity contribution is -0.139. The molecule has 3 atom stereocenters. The molecule has 0 N–H and O–H groups in total. The molecule has 1 heterocycles. The normalized spacial score (nSPS) is 29.4. The van der Waals surface area contributed by atoms with Crippen molar-refractivity contribution in [1.82, 2.24) is 4.31 Å². The number of carbonyl (C=O) groups is 3. The molecule has 3 aliphatic rings. The number of aryl methyl sites for hydroxylation is 1. The molecule has 2 aliphatic carbocycles. The van der Waals surface area contributed by atoms with E-state index in [4.69, 9.17) is 4.74 Å². The molecule has 0 aromatic heterocycles. The third kappa shape index (κ3) is 3.07. The second-order valence-corrected chi connectivity index (χ2v) is 10.6. The van der Waals surface area contributed by atoms with Gasteiger partial charge in [0.1, 0.15) is 0 Å². The van der Waals surface area contributed by atoms with Gasteiger partial charge in [0.15, 0.2) is 5.78 Å². The van der Waals surface area contributed by atoms with Crippen molar-refractivity contribution in [3.8, 4) is 0 Å². The van der Waals surface area contributed by atoms with E-state index in [1.807, 2.05) is 13.8 Å². The quantitative estimate of drug-likeness (QED) is 0.630. The first-order chi connectivity index (χ1) is 15.1. The molecule has 32 heavy (non-hydrogen) atoms. The van der Waals surface area contributed by atoms with Crippen molar-refractivity contribution >= 4 is 27.7 Å². The van der Waals surface area contributed by atoms with Gasteiger partial charge >= 0.3 is 5.97 Å². The summed E-state index contributed by atoms with van der Waals surface area (Å²) >= 11 is 0. The van der Waals surface area contributed by atoms with Gasteiger partial charge in [-0.3, -0.25) is 9.59 Å². The molecule has 1 saturated heterocycles. The molecular formula is C24H27NO6S. The highest BCUT2D eigenvalue weighted by Gasteiger charge is 2.69. The number of amides is 1. The number of hydrogen-bond donors (Lipinski definition) is 0. The van der Waals surface area contributed by atoms with E-state index in [1.165, 1.54) is 18.2 Å². The SMILES string of the molecule is CCOC(=O)C1=CC[C@@]2(C1)C(=O)N(S(=O)(=O)c1ccc(C)cc1)[C@]1(CC)C=CC(=O)C[C@H]21. The average molecular weight is 458 g/mol. The van der Waals surface area contributed by atoms with Crippen LogP contribution < -0.4 is 0 Å². The number of hydrogen-bond acceptors (Lipinski definition) is 6. The minimum Gasteiger partial charge on any atom is -0.463 e. The summed E-state index contributed by atoms with van der Waals surface area (Å²) < 4.78 is 33.7. The van der Waals surface area contributed by atoms with Crippen molar-refractivity contribution in [2.45, 2.75) is 56.9 Å². The van der Waals surface area contributed by atoms with Gasteiger partial charge in [-0.2, -0.15) is 0 Å². The number of fused-ring (bicyclic) bond motifs is 2. The first kappa shape index (κ1) is 22.5. The van der Waals surface area contributed by atoms with E-state index in [-0.39, 0.29) is 36.5 Å². The molecule has 1 aromatic carbocycles. The first-order valence-electron chi connectivity index (χ1n) is 10.9. The Bertz CT molecular complexity index is 1150. The maximum absolute atomic E-state index is 14.0. The van der Waals surface area contributed by atoms with Crippen molar-refractivity contribution in [3.05, 3.63) is 53.6 Å². The van der Waals surface area contributed by atoms with Crippen LogP contribution in [0.15, 0.2) is 53.0 Å². The Morgan fingerprint density at radius 2 is 1.88 bits per heavy atom. The van der Waals surface area contributed by atoms with E-state index in [0.717, 1.165) is 9.87 Å². The second kappa shape index (κ2) is 7.69. The Balaban J connectivity index is 1.86. The third-order valence-corrected chi connectivity index (χ3v) is 8.96. The fourth-order valence-corrected chi connectivity index (χ4v) is 7.33. The van der Waals surface area contributed by atoms with E-state index in [9.17, 15) is 22.8 Å². The van der Waals surface area contributed by atoms with Crippen LogP contribution in [0.3, 0.4) is 0 Å². The van der Waals surface area contributed by atoms with Gasteiger partial charge in [0.25, 0.3) is 10.0 Å². The molecule has 1 aliphatic heterocycles. The van der Waals surface area contributed by atoms with E-state index in [2.05, 4.69) is 0 Å². The summed E-state index contributed by atoms with van der Waals surface area (Å²) in [7, 11) is -4.19. The number of sulfonamides is 1. The average Bonchev–Trinajstić information content (AvgIpc) is 3.29. The van der Waals surface area contributed by atoms with Crippen LogP contribution in [0, 0.1) is 18.3 Å². The summed E-state index contributed by atoms with van der Waals surface area (Å²) in [5, 5.41) is 0. The van der Waals surface area contributed by atoms with Gasteiger partial charge in [0.05, 0.1) is 22.5 Å². The van der Waals surface area contributed by atoms with Crippen LogP contribution in [-0.4, -0.2) is 42.5 Å². The highest BCUT2D eigenvalue weighted by atomic mass is 32.2. The zero-order valence-corrected chi connectivity index (χ0v) is 19.3. The second-order valence-electron chi connectivity index (χ2n) is 8.78. The monoisotopic (exact) mass is 457 g/mol. The van der Waals surface area contributed by atoms with Crippen molar-refractivity contribution in [1.29, 1.82) is 0 Å². The van der Waals surface area contributed by atoms with Crippen LogP contribution in [0.5, 0.6) is 0 Å². The lowest BCUT2D eigenvalue weighted by Gasteiger charge is -2.41. The predicted octanol–water partition coefficient (Wildman–Crippen LogP) is 3.09. The third-order valence-electron chi connectivity index (χ3n) is 7.10. The fourth-order valence-electron chi connectivity index (χ4n) is 5.48. The van der Waals surface area contributed by atoms with Gasteiger partial charge in [-0.25, -0.2) is 17.5 Å². The van der Waals surface area contributed by atoms with E-state index in [0.29, 0.717) is 12.0 Å². The molecule has 0 saturated carbocycles. The predicted molar refractivity (Wildman–Crippen MR) is 117 cm³/mol. The first-order valence-corrected chi connectivity index (χ1v) is 12.3. The van der Waals surface area contributed by atoms with E-state index < -0.39 is 38.8 Å². The van der Waals surface area contributed by atoms with Crippen LogP contribution in [0.25, 0.3) is 0 Å². The van der Waals surface area contributed by atoms with Gasteiger partial charge in [-0.1, -0.05) is 36.8 Å². The summed E-state index contributed by atoms with van der Waals surface area (Å²) in [5.41, 5.74) is -1.07. The van der Waals surface area contributed by atoms with Gasteiger partial charge < -0.3 is 4.74 Å². The van der Waals surface area contributed by atoms with E-state index >= 15 is 0 Å². The Kier molecular flexibility index (Phi) is 5.40. The maximum atomic E-state index is 14.0. The summed E-state index contributed by atoms with van der Waals surface area (Å²) in [6.45, 7) is 5.58. The Morgan fingerprint density at radius 3 is 2.50 bits per heavy atom. The van der Waals surface area contributed by atoms with Crippen LogP contribution in [0.1, 0.15) is 45.1 Å². The van der Waals surface area contributed by atoms with Crippen molar-refractivity contribution < 1.29 is 27.5 Å². The molecule has 1 aromatic rings. The Morgan fingerprint density at radius 1 is 1.19 bits per heavy atom. The van der Waals surface area contributed by atoms with Crippen molar-refractivity contribution in [2.24, 2.45) is 11.3 Å². The number of esters is 1. The number of benzene rings is 1. The van der Waals surface area contributed by atoms with Crippen LogP contribution in [0.4, 0.5) is 0 Å². The molecule has 0 unspecified atom stereocenters. The molecule has 4 rings (SSSR count). The maximum Gasteiger partial charge on any atom is 0.333 e. The van der Waals surface area contributed by atoms with Gasteiger partial charge in [-0.05, 0) is 51.3 Å². The zero-order valence-electron chi connectivity index (χ0n) is 18.5. The van der Waals surface area contributed by atoms with E-state index in [1.54, 1.807) is 31.2 Å². The summed E-state index contributed by atoms with van der Waals surface area (Å²) in [5.74, 6) is -1.77. The molecule has 0 radical (unpaired) electrons. The number of nitrogens with zero attached hydrogens (tertiary/aromatic N) is 1. The highest BCUT2D eigenvalue weighted by molar-refractivity contribution is 7.89. The molecule has 170 valence electrons. The van der Waals surface area contributed by atoms with Crippen LogP contribution in [0.2, 0.25) is 0 Å². The van der Waals surface area contributed by atoms with Crippen LogP contribution >= 0.6 is 0 Å². The minimum atomic E-state index is -4.19. The lowest BCUT2D eigenvalue weighted by atomic mass is 9.63. The van der Waals surface area contributed by atoms with Crippen molar-refractivity contribution in [3.63, 3.8) is 0 Å². The molecule has 0 bridgehead atoms. The minimum absolute atomic E-state index is 0.0296. The molecular weight excluding hydrogens is 430 g/mol. The topological polar surface area (TPSA) is 97.8 Å². The summed E-state index contributed by atoms with van der Waals surface area (Å²) in [6, 6.07) is 6.37. The molecule has 7 nitrogen and oxygen atoms in total. The molecule has 1 fully saturated rings. The fraction of sp³-hybridized carbons (Fsp3) is 0.458. The summed E-state index contributed by atoms with van der Waals surface area (Å²) in [6.07, 6.45) is 5.30. The Hall–Kier alpha value is -2.74. The number of ketones is 1. The van der Waals surface area contributed by atoms with Gasteiger partial charge in [-0.15, -0.1) is 0 Å². The zero-order chi connectivity index (χ0) is 23.3. The van der Waals surface area contributed by atoms with Crippen molar-refractivity contribution in [2.75, 3.05) is 6.61 Å².